The van der Waals surface area contributed by atoms with E-state index in [0.717, 1.165) is 18.7 Å². The van der Waals surface area contributed by atoms with E-state index in [2.05, 4.69) is 15.5 Å². The van der Waals surface area contributed by atoms with E-state index in [1.54, 1.807) is 24.1 Å². The Morgan fingerprint density at radius 2 is 2.40 bits per heavy atom. The molecule has 1 fully saturated rings. The molecule has 1 N–H and O–H groups in total. The summed E-state index contributed by atoms with van der Waals surface area (Å²) in [5.74, 6) is 1.98. The summed E-state index contributed by atoms with van der Waals surface area (Å²) in [5, 5.41) is 6.54. The third kappa shape index (κ3) is 2.66. The number of nitrogens with zero attached hydrogens (tertiary/aromatic N) is 4. The summed E-state index contributed by atoms with van der Waals surface area (Å²) >= 11 is 0. The van der Waals surface area contributed by atoms with Crippen LogP contribution in [0.3, 0.4) is 0 Å². The van der Waals surface area contributed by atoms with Crippen LogP contribution in [-0.4, -0.2) is 31.7 Å². The Labute approximate surface area is 116 Å². The second kappa shape index (κ2) is 4.99. The predicted octanol–water partition coefficient (Wildman–Crippen LogP) is 1.91. The molecule has 106 valence electrons. The molecular weight excluding hydrogens is 258 g/mol. The van der Waals surface area contributed by atoms with E-state index in [0.29, 0.717) is 24.2 Å². The minimum Gasteiger partial charge on any atom is -0.360 e. The highest BCUT2D eigenvalue weighted by atomic mass is 16.5. The lowest BCUT2D eigenvalue weighted by Crippen LogP contribution is -2.37. The average Bonchev–Trinajstić information content (AvgIpc) is 3.05. The molecule has 0 unspecified atom stereocenters. The fraction of sp³-hybridized carbons (Fsp3) is 0.462. The minimum absolute atomic E-state index is 0.163. The van der Waals surface area contributed by atoms with Crippen LogP contribution >= 0.6 is 0 Å². The van der Waals surface area contributed by atoms with Gasteiger partial charge in [-0.2, -0.15) is 0 Å². The zero-order chi connectivity index (χ0) is 14.1. The second-order valence-electron chi connectivity index (χ2n) is 5.07. The van der Waals surface area contributed by atoms with Gasteiger partial charge >= 0.3 is 6.03 Å². The number of amides is 2. The molecule has 1 saturated carbocycles. The molecular formula is C13H17N5O2. The van der Waals surface area contributed by atoms with Crippen LogP contribution in [0.25, 0.3) is 0 Å². The first-order chi connectivity index (χ1) is 9.63. The summed E-state index contributed by atoms with van der Waals surface area (Å²) in [4.78, 5) is 18.4. The van der Waals surface area contributed by atoms with Gasteiger partial charge in [0.25, 0.3) is 0 Å². The van der Waals surface area contributed by atoms with E-state index in [9.17, 15) is 4.79 Å². The summed E-state index contributed by atoms with van der Waals surface area (Å²) in [6.07, 6.45) is 5.68. The number of rotatable bonds is 4. The average molecular weight is 275 g/mol. The second-order valence-corrected chi connectivity index (χ2v) is 5.07. The van der Waals surface area contributed by atoms with Crippen LogP contribution in [0.2, 0.25) is 0 Å². The van der Waals surface area contributed by atoms with Gasteiger partial charge in [0.15, 0.2) is 5.82 Å². The Balaban J connectivity index is 1.70. The van der Waals surface area contributed by atoms with Crippen LogP contribution in [0.15, 0.2) is 23.0 Å². The molecule has 2 aromatic rings. The Morgan fingerprint density at radius 3 is 2.95 bits per heavy atom. The van der Waals surface area contributed by atoms with Crippen molar-refractivity contribution in [2.75, 3.05) is 5.32 Å². The molecule has 7 heteroatoms. The van der Waals surface area contributed by atoms with Crippen molar-refractivity contribution in [3.05, 3.63) is 30.0 Å². The summed E-state index contributed by atoms with van der Waals surface area (Å²) in [6, 6.07) is 1.83. The van der Waals surface area contributed by atoms with Crippen molar-refractivity contribution >= 4 is 11.8 Å². The molecule has 2 heterocycles. The van der Waals surface area contributed by atoms with Gasteiger partial charge in [0.1, 0.15) is 11.6 Å². The quantitative estimate of drug-likeness (QED) is 0.924. The van der Waals surface area contributed by atoms with Crippen LogP contribution in [0, 0.1) is 6.92 Å². The number of aromatic nitrogens is 3. The first-order valence-electron chi connectivity index (χ1n) is 6.60. The first-order valence-corrected chi connectivity index (χ1v) is 6.60. The molecule has 0 spiro atoms. The van der Waals surface area contributed by atoms with Crippen molar-refractivity contribution < 1.29 is 9.32 Å². The molecule has 7 nitrogen and oxygen atoms in total. The van der Waals surface area contributed by atoms with Crippen molar-refractivity contribution in [3.8, 4) is 0 Å². The van der Waals surface area contributed by atoms with Crippen molar-refractivity contribution in [1.29, 1.82) is 0 Å². The van der Waals surface area contributed by atoms with Crippen molar-refractivity contribution in [2.45, 2.75) is 32.4 Å². The lowest BCUT2D eigenvalue weighted by molar-refractivity contribution is 0.203. The largest absolute Gasteiger partial charge is 0.360 e. The summed E-state index contributed by atoms with van der Waals surface area (Å²) in [6.45, 7) is 2.28. The minimum atomic E-state index is -0.163. The number of hydrogen-bond acceptors (Lipinski definition) is 4. The first kappa shape index (κ1) is 12.7. The van der Waals surface area contributed by atoms with Crippen molar-refractivity contribution in [2.24, 2.45) is 7.05 Å². The number of nitrogens with one attached hydrogen (secondary N) is 1. The number of carbonyl (C=O) groups excluding carboxylic acids is 1. The molecule has 2 amide bonds. The van der Waals surface area contributed by atoms with Crippen molar-refractivity contribution in [1.82, 2.24) is 19.6 Å². The maximum Gasteiger partial charge on any atom is 0.323 e. The van der Waals surface area contributed by atoms with E-state index in [4.69, 9.17) is 4.52 Å². The van der Waals surface area contributed by atoms with Crippen LogP contribution in [0.1, 0.15) is 24.4 Å². The Morgan fingerprint density at radius 1 is 1.60 bits per heavy atom. The normalized spacial score (nSPS) is 14.3. The molecule has 0 bridgehead atoms. The van der Waals surface area contributed by atoms with Gasteiger partial charge in [-0.3, -0.25) is 5.32 Å². The van der Waals surface area contributed by atoms with Gasteiger partial charge in [-0.05, 0) is 19.8 Å². The molecule has 0 aliphatic heterocycles. The molecule has 0 atom stereocenters. The van der Waals surface area contributed by atoms with E-state index in [1.807, 2.05) is 17.8 Å². The highest BCUT2D eigenvalue weighted by Gasteiger charge is 2.33. The molecule has 0 saturated heterocycles. The number of urea groups is 1. The number of imidazole rings is 1. The highest BCUT2D eigenvalue weighted by Crippen LogP contribution is 2.28. The van der Waals surface area contributed by atoms with Gasteiger partial charge in [-0.25, -0.2) is 9.78 Å². The maximum absolute atomic E-state index is 12.3. The molecule has 0 aromatic carbocycles. The lowest BCUT2D eigenvalue weighted by atomic mass is 10.4. The number of anilines is 1. The van der Waals surface area contributed by atoms with Crippen molar-refractivity contribution in [3.63, 3.8) is 0 Å². The van der Waals surface area contributed by atoms with E-state index < -0.39 is 0 Å². The van der Waals surface area contributed by atoms with Gasteiger partial charge in [0.05, 0.1) is 6.54 Å². The van der Waals surface area contributed by atoms with Crippen LogP contribution in [-0.2, 0) is 13.6 Å². The zero-order valence-electron chi connectivity index (χ0n) is 11.5. The summed E-state index contributed by atoms with van der Waals surface area (Å²) in [5.41, 5.74) is 0. The molecule has 3 rings (SSSR count). The zero-order valence-corrected chi connectivity index (χ0v) is 11.5. The van der Waals surface area contributed by atoms with Gasteiger partial charge in [-0.15, -0.1) is 0 Å². The van der Waals surface area contributed by atoms with Gasteiger partial charge < -0.3 is 14.0 Å². The third-order valence-corrected chi connectivity index (χ3v) is 3.34. The van der Waals surface area contributed by atoms with Crippen LogP contribution in [0.4, 0.5) is 10.6 Å². The topological polar surface area (TPSA) is 76.2 Å². The number of hydrogen-bond donors (Lipinski definition) is 1. The smallest absolute Gasteiger partial charge is 0.323 e. The molecule has 20 heavy (non-hydrogen) atoms. The van der Waals surface area contributed by atoms with Gasteiger partial charge in [0.2, 0.25) is 0 Å². The van der Waals surface area contributed by atoms with Gasteiger partial charge in [0, 0.05) is 31.5 Å². The molecule has 0 radical (unpaired) electrons. The van der Waals surface area contributed by atoms with E-state index in [-0.39, 0.29) is 6.03 Å². The van der Waals surface area contributed by atoms with Crippen LogP contribution in [0.5, 0.6) is 0 Å². The standard InChI is InChI=1S/C13H17N5O2/c1-9-7-11(16-20-9)15-13(19)18(10-3-4-10)8-12-14-5-6-17(12)2/h5-7,10H,3-4,8H2,1-2H3,(H,15,16,19). The van der Waals surface area contributed by atoms with E-state index in [1.165, 1.54) is 0 Å². The highest BCUT2D eigenvalue weighted by molar-refractivity contribution is 5.88. The fourth-order valence-corrected chi connectivity index (χ4v) is 2.06. The third-order valence-electron chi connectivity index (χ3n) is 3.34. The fourth-order valence-electron chi connectivity index (χ4n) is 2.06. The monoisotopic (exact) mass is 275 g/mol. The summed E-state index contributed by atoms with van der Waals surface area (Å²) < 4.78 is 6.87. The number of aryl methyl sites for hydroxylation is 2. The Kier molecular flexibility index (Phi) is 3.17. The predicted molar refractivity (Wildman–Crippen MR) is 72.0 cm³/mol. The van der Waals surface area contributed by atoms with Gasteiger partial charge in [-0.1, -0.05) is 5.16 Å². The molecule has 2 aromatic heterocycles. The Hall–Kier alpha value is -2.31. The SMILES string of the molecule is Cc1cc(NC(=O)N(Cc2nccn2C)C2CC2)no1. The lowest BCUT2D eigenvalue weighted by Gasteiger charge is -2.21. The molecule has 1 aliphatic rings. The molecule has 1 aliphatic carbocycles. The number of carbonyl (C=O) groups is 1. The summed E-state index contributed by atoms with van der Waals surface area (Å²) in [7, 11) is 1.92. The maximum atomic E-state index is 12.3. The van der Waals surface area contributed by atoms with Crippen LogP contribution < -0.4 is 5.32 Å². The van der Waals surface area contributed by atoms with E-state index >= 15 is 0 Å². The Bertz CT molecular complexity index is 614.